The molecule has 0 aliphatic heterocycles. The predicted octanol–water partition coefficient (Wildman–Crippen LogP) is 2.33. The number of rotatable bonds is 4. The third-order valence-corrected chi connectivity index (χ3v) is 3.17. The summed E-state index contributed by atoms with van der Waals surface area (Å²) in [4.78, 5) is 0. The number of hydrogen-bond donors (Lipinski definition) is 1. The molecule has 2 aromatic heterocycles. The van der Waals surface area contributed by atoms with Crippen LogP contribution in [0.25, 0.3) is 0 Å². The Labute approximate surface area is 98.0 Å². The van der Waals surface area contributed by atoms with Gasteiger partial charge in [0.2, 0.25) is 5.95 Å². The van der Waals surface area contributed by atoms with Crippen LogP contribution in [0.5, 0.6) is 0 Å². The van der Waals surface area contributed by atoms with Crippen molar-refractivity contribution in [1.29, 1.82) is 0 Å². The van der Waals surface area contributed by atoms with Crippen molar-refractivity contribution in [3.8, 4) is 0 Å². The fourth-order valence-electron chi connectivity index (χ4n) is 1.39. The molecule has 86 valence electrons. The van der Waals surface area contributed by atoms with Crippen LogP contribution in [-0.2, 0) is 5.75 Å². The minimum absolute atomic E-state index is 0.266. The maximum absolute atomic E-state index is 5.75. The molecular weight excluding hydrogens is 224 g/mol. The van der Waals surface area contributed by atoms with Gasteiger partial charge >= 0.3 is 0 Å². The zero-order valence-corrected chi connectivity index (χ0v) is 10.1. The summed E-state index contributed by atoms with van der Waals surface area (Å²) in [5.41, 5.74) is 6.88. The van der Waals surface area contributed by atoms with Gasteiger partial charge in [-0.3, -0.25) is 4.57 Å². The van der Waals surface area contributed by atoms with Crippen LogP contribution in [0.15, 0.2) is 28.2 Å². The Bertz CT molecular complexity index is 449. The fraction of sp³-hybridized carbons (Fsp3) is 0.400. The smallest absolute Gasteiger partial charge is 0.222 e. The summed E-state index contributed by atoms with van der Waals surface area (Å²) < 4.78 is 6.93. The van der Waals surface area contributed by atoms with Gasteiger partial charge in [0.25, 0.3) is 0 Å². The van der Waals surface area contributed by atoms with E-state index in [9.17, 15) is 0 Å². The van der Waals surface area contributed by atoms with Crippen molar-refractivity contribution in [2.75, 3.05) is 5.73 Å². The summed E-state index contributed by atoms with van der Waals surface area (Å²) in [7, 11) is 0. The number of nitrogens with zero attached hydrogens (tertiary/aromatic N) is 3. The molecule has 2 aromatic rings. The molecular formula is C10H14N4OS. The lowest BCUT2D eigenvalue weighted by Gasteiger charge is -2.10. The van der Waals surface area contributed by atoms with E-state index in [4.69, 9.17) is 10.2 Å². The molecule has 6 heteroatoms. The van der Waals surface area contributed by atoms with E-state index in [1.165, 1.54) is 0 Å². The monoisotopic (exact) mass is 238 g/mol. The Hall–Kier alpha value is -1.43. The average molecular weight is 238 g/mol. The third-order valence-electron chi connectivity index (χ3n) is 2.16. The van der Waals surface area contributed by atoms with Crippen LogP contribution in [0.1, 0.15) is 25.5 Å². The molecule has 0 atom stereocenters. The molecule has 0 aliphatic rings. The van der Waals surface area contributed by atoms with Crippen molar-refractivity contribution in [3.63, 3.8) is 0 Å². The fourth-order valence-corrected chi connectivity index (χ4v) is 2.40. The van der Waals surface area contributed by atoms with Gasteiger partial charge in [-0.2, -0.15) is 0 Å². The Morgan fingerprint density at radius 2 is 2.31 bits per heavy atom. The van der Waals surface area contributed by atoms with Gasteiger partial charge in [-0.1, -0.05) is 11.8 Å². The largest absolute Gasteiger partial charge is 0.472 e. The molecule has 0 bridgehead atoms. The first-order valence-corrected chi connectivity index (χ1v) is 6.01. The van der Waals surface area contributed by atoms with Gasteiger partial charge in [0.1, 0.15) is 0 Å². The van der Waals surface area contributed by atoms with Crippen LogP contribution in [0.4, 0.5) is 5.95 Å². The van der Waals surface area contributed by atoms with E-state index in [1.807, 2.05) is 10.6 Å². The summed E-state index contributed by atoms with van der Waals surface area (Å²) in [5.74, 6) is 1.27. The maximum atomic E-state index is 5.75. The number of hydrogen-bond acceptors (Lipinski definition) is 5. The number of anilines is 1. The van der Waals surface area contributed by atoms with Crippen molar-refractivity contribution < 1.29 is 4.42 Å². The summed E-state index contributed by atoms with van der Waals surface area (Å²) in [6, 6.07) is 2.20. The lowest BCUT2D eigenvalue weighted by atomic mass is 10.4. The lowest BCUT2D eigenvalue weighted by molar-refractivity contribution is 0.557. The Kier molecular flexibility index (Phi) is 3.19. The van der Waals surface area contributed by atoms with Crippen LogP contribution in [-0.4, -0.2) is 14.8 Å². The van der Waals surface area contributed by atoms with E-state index in [0.29, 0.717) is 5.95 Å². The van der Waals surface area contributed by atoms with Crippen LogP contribution >= 0.6 is 11.8 Å². The minimum Gasteiger partial charge on any atom is -0.472 e. The molecule has 2 N–H and O–H groups in total. The highest BCUT2D eigenvalue weighted by Gasteiger charge is 2.12. The quantitative estimate of drug-likeness (QED) is 0.828. The number of aromatic nitrogens is 3. The number of furan rings is 1. The molecule has 0 spiro atoms. The zero-order valence-electron chi connectivity index (χ0n) is 9.25. The van der Waals surface area contributed by atoms with Crippen molar-refractivity contribution >= 4 is 17.7 Å². The Morgan fingerprint density at radius 3 is 2.94 bits per heavy atom. The van der Waals surface area contributed by atoms with E-state index < -0.39 is 0 Å². The first-order valence-electron chi connectivity index (χ1n) is 5.02. The van der Waals surface area contributed by atoms with E-state index in [0.717, 1.165) is 16.5 Å². The first kappa shape index (κ1) is 11.1. The third kappa shape index (κ3) is 2.21. The maximum Gasteiger partial charge on any atom is 0.222 e. The standard InChI is InChI=1S/C10H14N4OS/c1-7(2)14-9(11)12-13-10(14)16-6-8-3-4-15-5-8/h3-5,7H,6H2,1-2H3,(H2,11,12). The molecule has 0 aromatic carbocycles. The Balaban J connectivity index is 2.10. The molecule has 16 heavy (non-hydrogen) atoms. The number of thioether (sulfide) groups is 1. The summed E-state index contributed by atoms with van der Waals surface area (Å²) >= 11 is 1.60. The molecule has 5 nitrogen and oxygen atoms in total. The van der Waals surface area contributed by atoms with Crippen LogP contribution in [0.3, 0.4) is 0 Å². The molecule has 2 heterocycles. The van der Waals surface area contributed by atoms with Crippen molar-refractivity contribution in [2.24, 2.45) is 0 Å². The number of nitrogen functional groups attached to an aromatic ring is 1. The first-order chi connectivity index (χ1) is 7.68. The second-order valence-electron chi connectivity index (χ2n) is 3.72. The van der Waals surface area contributed by atoms with Gasteiger partial charge in [0.05, 0.1) is 12.5 Å². The lowest BCUT2D eigenvalue weighted by Crippen LogP contribution is -2.06. The van der Waals surface area contributed by atoms with Crippen LogP contribution in [0, 0.1) is 0 Å². The van der Waals surface area contributed by atoms with Crippen molar-refractivity contribution in [3.05, 3.63) is 24.2 Å². The minimum atomic E-state index is 0.266. The van der Waals surface area contributed by atoms with E-state index in [-0.39, 0.29) is 6.04 Å². The summed E-state index contributed by atoms with van der Waals surface area (Å²) in [5, 5.41) is 8.78. The van der Waals surface area contributed by atoms with Gasteiger partial charge in [-0.25, -0.2) is 0 Å². The van der Waals surface area contributed by atoms with E-state index in [1.54, 1.807) is 24.3 Å². The van der Waals surface area contributed by atoms with Gasteiger partial charge in [0, 0.05) is 17.4 Å². The summed E-state index contributed by atoms with van der Waals surface area (Å²) in [6.07, 6.45) is 3.39. The van der Waals surface area contributed by atoms with Gasteiger partial charge in [-0.05, 0) is 19.9 Å². The number of nitrogens with two attached hydrogens (primary N) is 1. The SMILES string of the molecule is CC(C)n1c(N)nnc1SCc1ccoc1. The second-order valence-corrected chi connectivity index (χ2v) is 4.67. The van der Waals surface area contributed by atoms with E-state index >= 15 is 0 Å². The molecule has 0 amide bonds. The predicted molar refractivity (Wildman–Crippen MR) is 63.1 cm³/mol. The molecule has 0 radical (unpaired) electrons. The molecule has 0 saturated heterocycles. The highest BCUT2D eigenvalue weighted by Crippen LogP contribution is 2.25. The average Bonchev–Trinajstić information content (AvgIpc) is 2.83. The van der Waals surface area contributed by atoms with Crippen molar-refractivity contribution in [1.82, 2.24) is 14.8 Å². The highest BCUT2D eigenvalue weighted by atomic mass is 32.2. The summed E-state index contributed by atoms with van der Waals surface area (Å²) in [6.45, 7) is 4.11. The van der Waals surface area contributed by atoms with Crippen molar-refractivity contribution in [2.45, 2.75) is 30.8 Å². The van der Waals surface area contributed by atoms with Gasteiger partial charge in [0.15, 0.2) is 5.16 Å². The van der Waals surface area contributed by atoms with Crippen LogP contribution < -0.4 is 5.73 Å². The van der Waals surface area contributed by atoms with Gasteiger partial charge < -0.3 is 10.2 Å². The highest BCUT2D eigenvalue weighted by molar-refractivity contribution is 7.98. The zero-order chi connectivity index (χ0) is 11.5. The molecule has 0 aliphatic carbocycles. The Morgan fingerprint density at radius 1 is 1.50 bits per heavy atom. The van der Waals surface area contributed by atoms with Gasteiger partial charge in [-0.15, -0.1) is 10.2 Å². The second kappa shape index (κ2) is 4.61. The van der Waals surface area contributed by atoms with E-state index in [2.05, 4.69) is 24.0 Å². The molecule has 2 rings (SSSR count). The van der Waals surface area contributed by atoms with Crippen LogP contribution in [0.2, 0.25) is 0 Å². The molecule has 0 unspecified atom stereocenters. The molecule has 0 saturated carbocycles. The molecule has 0 fully saturated rings. The normalized spacial score (nSPS) is 11.2. The topological polar surface area (TPSA) is 69.9 Å².